The maximum Gasteiger partial charge on any atom is 0.350 e. The minimum Gasteiger partial charge on any atom is -0.465 e. The summed E-state index contributed by atoms with van der Waals surface area (Å²) in [6.07, 6.45) is 0.935. The van der Waals surface area contributed by atoms with E-state index in [2.05, 4.69) is 35.8 Å². The minimum atomic E-state index is -0.512. The highest BCUT2D eigenvalue weighted by Crippen LogP contribution is 2.35. The van der Waals surface area contributed by atoms with Crippen LogP contribution in [0.15, 0.2) is 0 Å². The number of esters is 1. The Balaban J connectivity index is 2.67. The Morgan fingerprint density at radius 1 is 1.57 bits per heavy atom. The molecule has 1 heterocycles. The van der Waals surface area contributed by atoms with Crippen molar-refractivity contribution in [1.29, 1.82) is 5.26 Å². The van der Waals surface area contributed by atoms with Crippen molar-refractivity contribution < 1.29 is 9.53 Å². The second-order valence-corrected chi connectivity index (χ2v) is 6.03. The highest BCUT2D eigenvalue weighted by Gasteiger charge is 2.21. The van der Waals surface area contributed by atoms with Crippen LogP contribution in [0, 0.1) is 11.3 Å². The van der Waals surface area contributed by atoms with Crippen molar-refractivity contribution >= 4 is 28.0 Å². The molecule has 0 aliphatic rings. The SMILES string of the molecule is COC(=O)c1sc(NCCCN(C)C(C)C)c(C#N)c1N. The van der Waals surface area contributed by atoms with Crippen LogP contribution in [0.1, 0.15) is 35.5 Å². The summed E-state index contributed by atoms with van der Waals surface area (Å²) in [7, 11) is 3.37. The molecule has 7 heteroatoms. The quantitative estimate of drug-likeness (QED) is 0.592. The molecular weight excluding hydrogens is 288 g/mol. The first-order valence-electron chi connectivity index (χ1n) is 6.77. The van der Waals surface area contributed by atoms with E-state index in [0.29, 0.717) is 23.2 Å². The van der Waals surface area contributed by atoms with E-state index in [4.69, 9.17) is 11.0 Å². The number of carbonyl (C=O) groups excluding carboxylic acids is 1. The third-order valence-electron chi connectivity index (χ3n) is 3.28. The molecule has 0 fully saturated rings. The molecule has 0 aliphatic heterocycles. The Bertz CT molecular complexity index is 534. The zero-order valence-electron chi connectivity index (χ0n) is 12.9. The molecule has 0 radical (unpaired) electrons. The van der Waals surface area contributed by atoms with Gasteiger partial charge in [-0.1, -0.05) is 0 Å². The number of anilines is 2. The molecule has 21 heavy (non-hydrogen) atoms. The highest BCUT2D eigenvalue weighted by molar-refractivity contribution is 7.18. The van der Waals surface area contributed by atoms with Crippen molar-refractivity contribution in [1.82, 2.24) is 4.90 Å². The van der Waals surface area contributed by atoms with Crippen molar-refractivity contribution in [2.75, 3.05) is 38.3 Å². The second-order valence-electron chi connectivity index (χ2n) is 5.01. The molecule has 0 saturated heterocycles. The number of nitriles is 1. The third kappa shape index (κ3) is 4.34. The maximum absolute atomic E-state index is 11.6. The fourth-order valence-electron chi connectivity index (χ4n) is 1.71. The summed E-state index contributed by atoms with van der Waals surface area (Å²) in [6, 6.07) is 2.54. The van der Waals surface area contributed by atoms with Gasteiger partial charge in [-0.25, -0.2) is 4.79 Å². The molecule has 6 nitrogen and oxygen atoms in total. The van der Waals surface area contributed by atoms with Crippen LogP contribution in [0.5, 0.6) is 0 Å². The lowest BCUT2D eigenvalue weighted by atomic mass is 10.2. The van der Waals surface area contributed by atoms with E-state index in [1.165, 1.54) is 7.11 Å². The number of ether oxygens (including phenoxy) is 1. The van der Waals surface area contributed by atoms with Gasteiger partial charge in [0.15, 0.2) is 0 Å². The molecule has 0 bridgehead atoms. The Morgan fingerprint density at radius 3 is 2.76 bits per heavy atom. The monoisotopic (exact) mass is 310 g/mol. The molecular formula is C14H22N4O2S. The van der Waals surface area contributed by atoms with Gasteiger partial charge in [0.1, 0.15) is 21.5 Å². The lowest BCUT2D eigenvalue weighted by molar-refractivity contribution is 0.0607. The maximum atomic E-state index is 11.6. The number of methoxy groups -OCH3 is 1. The standard InChI is InChI=1S/C14H22N4O2S/c1-9(2)18(3)7-5-6-17-13-10(8-15)11(16)12(21-13)14(19)20-4/h9,17H,5-7,16H2,1-4H3. The first-order chi connectivity index (χ1) is 9.92. The fourth-order valence-corrected chi connectivity index (χ4v) is 2.73. The summed E-state index contributed by atoms with van der Waals surface area (Å²) in [4.78, 5) is 14.1. The van der Waals surface area contributed by atoms with Gasteiger partial charge < -0.3 is 20.7 Å². The molecule has 3 N–H and O–H groups in total. The van der Waals surface area contributed by atoms with Crippen LogP contribution in [0.2, 0.25) is 0 Å². The summed E-state index contributed by atoms with van der Waals surface area (Å²) in [5, 5.41) is 13.0. The van der Waals surface area contributed by atoms with Crippen LogP contribution in [-0.2, 0) is 4.74 Å². The highest BCUT2D eigenvalue weighted by atomic mass is 32.1. The van der Waals surface area contributed by atoms with E-state index < -0.39 is 5.97 Å². The lowest BCUT2D eigenvalue weighted by Crippen LogP contribution is -2.28. The van der Waals surface area contributed by atoms with Crippen LogP contribution < -0.4 is 11.1 Å². The normalized spacial score (nSPS) is 10.7. The number of nitrogens with two attached hydrogens (primary N) is 1. The van der Waals surface area contributed by atoms with Crippen LogP contribution in [0.4, 0.5) is 10.7 Å². The first kappa shape index (κ1) is 17.3. The zero-order valence-corrected chi connectivity index (χ0v) is 13.7. The minimum absolute atomic E-state index is 0.191. The predicted octanol–water partition coefficient (Wildman–Crippen LogP) is 2.13. The van der Waals surface area contributed by atoms with Gasteiger partial charge in [0.2, 0.25) is 0 Å². The Hall–Kier alpha value is -1.78. The molecule has 0 spiro atoms. The van der Waals surface area contributed by atoms with E-state index >= 15 is 0 Å². The van der Waals surface area contributed by atoms with Gasteiger partial charge in [-0.05, 0) is 33.9 Å². The van der Waals surface area contributed by atoms with E-state index in [1.807, 2.05) is 6.07 Å². The number of hydrogen-bond donors (Lipinski definition) is 2. The Labute approximate surface area is 129 Å². The van der Waals surface area contributed by atoms with Crippen molar-refractivity contribution in [3.05, 3.63) is 10.4 Å². The molecule has 1 aromatic heterocycles. The Kier molecular flexibility index (Phi) is 6.46. The van der Waals surface area contributed by atoms with E-state index in [9.17, 15) is 4.79 Å². The summed E-state index contributed by atoms with van der Waals surface area (Å²) in [5.74, 6) is -0.512. The van der Waals surface area contributed by atoms with Gasteiger partial charge in [-0.15, -0.1) is 11.3 Å². The summed E-state index contributed by atoms with van der Waals surface area (Å²) < 4.78 is 4.66. The van der Waals surface area contributed by atoms with Gasteiger partial charge in [-0.2, -0.15) is 5.26 Å². The summed E-state index contributed by atoms with van der Waals surface area (Å²) in [5.41, 5.74) is 6.33. The Morgan fingerprint density at radius 2 is 2.24 bits per heavy atom. The molecule has 0 atom stereocenters. The fraction of sp³-hybridized carbons (Fsp3) is 0.571. The average molecular weight is 310 g/mol. The lowest BCUT2D eigenvalue weighted by Gasteiger charge is -2.20. The van der Waals surface area contributed by atoms with Crippen molar-refractivity contribution in [2.45, 2.75) is 26.3 Å². The predicted molar refractivity (Wildman–Crippen MR) is 85.7 cm³/mol. The van der Waals surface area contributed by atoms with Gasteiger partial charge in [0, 0.05) is 12.6 Å². The molecule has 0 unspecified atom stereocenters. The molecule has 0 saturated carbocycles. The number of rotatable bonds is 7. The number of nitrogens with one attached hydrogen (secondary N) is 1. The van der Waals surface area contributed by atoms with Crippen LogP contribution in [0.25, 0.3) is 0 Å². The zero-order chi connectivity index (χ0) is 16.0. The van der Waals surface area contributed by atoms with Crippen LogP contribution in [-0.4, -0.2) is 44.2 Å². The largest absolute Gasteiger partial charge is 0.465 e. The summed E-state index contributed by atoms with van der Waals surface area (Å²) >= 11 is 1.16. The first-order valence-corrected chi connectivity index (χ1v) is 7.58. The number of carbonyl (C=O) groups is 1. The van der Waals surface area contributed by atoms with E-state index in [-0.39, 0.29) is 10.6 Å². The average Bonchev–Trinajstić information content (AvgIpc) is 2.78. The summed E-state index contributed by atoms with van der Waals surface area (Å²) in [6.45, 7) is 5.96. The second kappa shape index (κ2) is 7.86. The number of hydrogen-bond acceptors (Lipinski definition) is 7. The molecule has 1 aromatic rings. The molecule has 0 aromatic carbocycles. The topological polar surface area (TPSA) is 91.4 Å². The van der Waals surface area contributed by atoms with Gasteiger partial charge in [0.25, 0.3) is 0 Å². The molecule has 0 amide bonds. The molecule has 0 aliphatic carbocycles. The van der Waals surface area contributed by atoms with Gasteiger partial charge in [0.05, 0.1) is 12.8 Å². The molecule has 1 rings (SSSR count). The van der Waals surface area contributed by atoms with Crippen molar-refractivity contribution in [2.24, 2.45) is 0 Å². The van der Waals surface area contributed by atoms with Crippen molar-refractivity contribution in [3.63, 3.8) is 0 Å². The van der Waals surface area contributed by atoms with E-state index in [0.717, 1.165) is 24.3 Å². The molecule has 116 valence electrons. The smallest absolute Gasteiger partial charge is 0.350 e. The van der Waals surface area contributed by atoms with Crippen LogP contribution >= 0.6 is 11.3 Å². The number of nitrogens with zero attached hydrogens (tertiary/aromatic N) is 2. The van der Waals surface area contributed by atoms with E-state index in [1.54, 1.807) is 0 Å². The van der Waals surface area contributed by atoms with Crippen molar-refractivity contribution in [3.8, 4) is 6.07 Å². The van der Waals surface area contributed by atoms with Gasteiger partial charge >= 0.3 is 5.97 Å². The van der Waals surface area contributed by atoms with Gasteiger partial charge in [-0.3, -0.25) is 0 Å². The number of thiophene rings is 1. The third-order valence-corrected chi connectivity index (χ3v) is 4.43. The number of nitrogen functional groups attached to an aromatic ring is 1. The van der Waals surface area contributed by atoms with Crippen LogP contribution in [0.3, 0.4) is 0 Å².